The second kappa shape index (κ2) is 4.91. The number of benzene rings is 1. The molecule has 1 unspecified atom stereocenters. The molecule has 0 aliphatic heterocycles. The second-order valence-corrected chi connectivity index (χ2v) is 3.44. The van der Waals surface area contributed by atoms with Crippen molar-refractivity contribution in [1.29, 1.82) is 0 Å². The standard InChI is InChI=1S/C12H16FN/c1-3-9(2)8-12(14)10-6-4-5-7-11(10)13/h4-7,12H,2-3,8,14H2,1H3. The quantitative estimate of drug-likeness (QED) is 0.730. The van der Waals surface area contributed by atoms with Gasteiger partial charge in [0.05, 0.1) is 0 Å². The third kappa shape index (κ3) is 2.67. The highest BCUT2D eigenvalue weighted by Crippen LogP contribution is 2.21. The highest BCUT2D eigenvalue weighted by atomic mass is 19.1. The van der Waals surface area contributed by atoms with Crippen LogP contribution in [-0.2, 0) is 0 Å². The minimum atomic E-state index is -0.274. The highest BCUT2D eigenvalue weighted by Gasteiger charge is 2.10. The van der Waals surface area contributed by atoms with Crippen LogP contribution in [-0.4, -0.2) is 0 Å². The Kier molecular flexibility index (Phi) is 3.84. The average Bonchev–Trinajstić information content (AvgIpc) is 2.18. The molecule has 0 amide bonds. The van der Waals surface area contributed by atoms with E-state index in [1.165, 1.54) is 6.07 Å². The molecular weight excluding hydrogens is 177 g/mol. The average molecular weight is 193 g/mol. The minimum absolute atomic E-state index is 0.232. The van der Waals surface area contributed by atoms with E-state index in [2.05, 4.69) is 6.58 Å². The van der Waals surface area contributed by atoms with Gasteiger partial charge in [0.25, 0.3) is 0 Å². The fraction of sp³-hybridized carbons (Fsp3) is 0.333. The van der Waals surface area contributed by atoms with Crippen molar-refractivity contribution in [3.8, 4) is 0 Å². The maximum absolute atomic E-state index is 13.3. The van der Waals surface area contributed by atoms with Gasteiger partial charge in [-0.05, 0) is 18.9 Å². The lowest BCUT2D eigenvalue weighted by Crippen LogP contribution is -2.12. The van der Waals surface area contributed by atoms with Gasteiger partial charge in [-0.3, -0.25) is 0 Å². The Morgan fingerprint density at radius 1 is 1.50 bits per heavy atom. The third-order valence-corrected chi connectivity index (χ3v) is 2.31. The lowest BCUT2D eigenvalue weighted by atomic mass is 9.99. The molecule has 0 saturated heterocycles. The molecule has 2 N–H and O–H groups in total. The van der Waals surface area contributed by atoms with E-state index in [9.17, 15) is 4.39 Å². The predicted molar refractivity (Wildman–Crippen MR) is 57.4 cm³/mol. The van der Waals surface area contributed by atoms with Crippen LogP contribution in [0.1, 0.15) is 31.4 Å². The van der Waals surface area contributed by atoms with Crippen LogP contribution in [0.4, 0.5) is 4.39 Å². The van der Waals surface area contributed by atoms with Crippen LogP contribution >= 0.6 is 0 Å². The van der Waals surface area contributed by atoms with Gasteiger partial charge in [-0.1, -0.05) is 37.3 Å². The summed E-state index contributed by atoms with van der Waals surface area (Å²) in [6, 6.07) is 6.35. The van der Waals surface area contributed by atoms with Crippen LogP contribution < -0.4 is 5.73 Å². The fourth-order valence-corrected chi connectivity index (χ4v) is 1.34. The topological polar surface area (TPSA) is 26.0 Å². The van der Waals surface area contributed by atoms with Gasteiger partial charge in [-0.15, -0.1) is 0 Å². The molecule has 0 spiro atoms. The molecule has 1 atom stereocenters. The van der Waals surface area contributed by atoms with Crippen LogP contribution in [0.2, 0.25) is 0 Å². The lowest BCUT2D eigenvalue weighted by Gasteiger charge is -2.13. The molecule has 1 nitrogen and oxygen atoms in total. The molecule has 0 aromatic heterocycles. The van der Waals surface area contributed by atoms with E-state index >= 15 is 0 Å². The lowest BCUT2D eigenvalue weighted by molar-refractivity contribution is 0.577. The van der Waals surface area contributed by atoms with Gasteiger partial charge in [0.2, 0.25) is 0 Å². The Labute approximate surface area is 84.4 Å². The van der Waals surface area contributed by atoms with E-state index in [1.807, 2.05) is 6.92 Å². The Bertz CT molecular complexity index is 320. The zero-order valence-electron chi connectivity index (χ0n) is 8.46. The number of hydrogen-bond donors (Lipinski definition) is 1. The van der Waals surface area contributed by atoms with Gasteiger partial charge < -0.3 is 5.73 Å². The Hall–Kier alpha value is -1.15. The fourth-order valence-electron chi connectivity index (χ4n) is 1.34. The van der Waals surface area contributed by atoms with Gasteiger partial charge in [0, 0.05) is 11.6 Å². The first kappa shape index (κ1) is 10.9. The molecule has 76 valence electrons. The van der Waals surface area contributed by atoms with Crippen LogP contribution in [0, 0.1) is 5.82 Å². The van der Waals surface area contributed by atoms with Gasteiger partial charge in [0.15, 0.2) is 0 Å². The van der Waals surface area contributed by atoms with Gasteiger partial charge >= 0.3 is 0 Å². The second-order valence-electron chi connectivity index (χ2n) is 3.44. The number of rotatable bonds is 4. The SMILES string of the molecule is C=C(CC)CC(N)c1ccccc1F. The van der Waals surface area contributed by atoms with E-state index in [4.69, 9.17) is 5.73 Å². The van der Waals surface area contributed by atoms with E-state index in [-0.39, 0.29) is 11.9 Å². The molecule has 0 bridgehead atoms. The molecule has 2 heteroatoms. The number of hydrogen-bond acceptors (Lipinski definition) is 1. The first-order chi connectivity index (χ1) is 6.65. The maximum Gasteiger partial charge on any atom is 0.127 e. The van der Waals surface area contributed by atoms with Gasteiger partial charge in [-0.25, -0.2) is 4.39 Å². The summed E-state index contributed by atoms with van der Waals surface area (Å²) in [6.45, 7) is 5.89. The van der Waals surface area contributed by atoms with Gasteiger partial charge in [-0.2, -0.15) is 0 Å². The van der Waals surface area contributed by atoms with Crippen molar-refractivity contribution in [2.45, 2.75) is 25.8 Å². The molecular formula is C12H16FN. The summed E-state index contributed by atoms with van der Waals surface area (Å²) in [7, 11) is 0. The number of nitrogens with two attached hydrogens (primary N) is 1. The smallest absolute Gasteiger partial charge is 0.127 e. The summed E-state index contributed by atoms with van der Waals surface area (Å²) < 4.78 is 13.3. The van der Waals surface area contributed by atoms with E-state index in [0.717, 1.165) is 12.0 Å². The largest absolute Gasteiger partial charge is 0.324 e. The molecule has 0 saturated carbocycles. The summed E-state index contributed by atoms with van der Waals surface area (Å²) in [6.07, 6.45) is 1.54. The van der Waals surface area contributed by atoms with Crippen LogP contribution in [0.15, 0.2) is 36.4 Å². The summed E-state index contributed by atoms with van der Waals surface area (Å²) in [4.78, 5) is 0. The molecule has 0 radical (unpaired) electrons. The maximum atomic E-state index is 13.3. The summed E-state index contributed by atoms with van der Waals surface area (Å²) in [5, 5.41) is 0. The molecule has 1 aromatic rings. The Morgan fingerprint density at radius 3 is 2.71 bits per heavy atom. The van der Waals surface area contributed by atoms with Crippen LogP contribution in [0.3, 0.4) is 0 Å². The third-order valence-electron chi connectivity index (χ3n) is 2.31. The van der Waals surface area contributed by atoms with Crippen molar-refractivity contribution in [3.05, 3.63) is 47.8 Å². The van der Waals surface area contributed by atoms with Crippen molar-refractivity contribution in [2.75, 3.05) is 0 Å². The molecule has 0 aliphatic rings. The molecule has 0 heterocycles. The van der Waals surface area contributed by atoms with E-state index in [0.29, 0.717) is 12.0 Å². The molecule has 0 aliphatic carbocycles. The van der Waals surface area contributed by atoms with E-state index in [1.54, 1.807) is 18.2 Å². The Balaban J connectivity index is 2.74. The molecule has 1 rings (SSSR count). The van der Waals surface area contributed by atoms with E-state index < -0.39 is 0 Å². The molecule has 0 fully saturated rings. The van der Waals surface area contributed by atoms with Crippen LogP contribution in [0.5, 0.6) is 0 Å². The highest BCUT2D eigenvalue weighted by molar-refractivity contribution is 5.22. The van der Waals surface area contributed by atoms with Crippen molar-refractivity contribution in [1.82, 2.24) is 0 Å². The predicted octanol–water partition coefficient (Wildman–Crippen LogP) is 3.18. The van der Waals surface area contributed by atoms with Crippen LogP contribution in [0.25, 0.3) is 0 Å². The minimum Gasteiger partial charge on any atom is -0.324 e. The monoisotopic (exact) mass is 193 g/mol. The Morgan fingerprint density at radius 2 is 2.14 bits per heavy atom. The van der Waals surface area contributed by atoms with Crippen molar-refractivity contribution in [3.63, 3.8) is 0 Å². The van der Waals surface area contributed by atoms with Gasteiger partial charge in [0.1, 0.15) is 5.82 Å². The molecule has 14 heavy (non-hydrogen) atoms. The first-order valence-electron chi connectivity index (χ1n) is 4.81. The van der Waals surface area contributed by atoms with Crippen molar-refractivity contribution >= 4 is 0 Å². The van der Waals surface area contributed by atoms with Crippen molar-refractivity contribution < 1.29 is 4.39 Å². The zero-order valence-corrected chi connectivity index (χ0v) is 8.46. The zero-order chi connectivity index (χ0) is 10.6. The summed E-state index contributed by atoms with van der Waals surface area (Å²) in [5.74, 6) is -0.232. The molecule has 1 aromatic carbocycles. The van der Waals surface area contributed by atoms with Crippen molar-refractivity contribution in [2.24, 2.45) is 5.73 Å². The summed E-state index contributed by atoms with van der Waals surface area (Å²) >= 11 is 0. The normalized spacial score (nSPS) is 12.5. The number of halogens is 1. The summed E-state index contributed by atoms with van der Waals surface area (Å²) in [5.41, 5.74) is 7.50. The first-order valence-corrected chi connectivity index (χ1v) is 4.81.